The van der Waals surface area contributed by atoms with Crippen LogP contribution in [0.3, 0.4) is 0 Å². The van der Waals surface area contributed by atoms with Crippen LogP contribution in [0, 0.1) is 0 Å². The third-order valence-electron chi connectivity index (χ3n) is 6.76. The first-order valence-electron chi connectivity index (χ1n) is 11.6. The van der Waals surface area contributed by atoms with Crippen molar-refractivity contribution in [3.8, 4) is 11.1 Å². The van der Waals surface area contributed by atoms with E-state index in [1.54, 1.807) is 0 Å². The monoisotopic (exact) mass is 427 g/mol. The molecule has 0 heterocycles. The van der Waals surface area contributed by atoms with Crippen LogP contribution in [0.25, 0.3) is 11.1 Å². The van der Waals surface area contributed by atoms with E-state index in [0.29, 0.717) is 0 Å². The average Bonchev–Trinajstić information content (AvgIpc) is 3.17. The highest BCUT2D eigenvalue weighted by Crippen LogP contribution is 2.58. The topological polar surface area (TPSA) is 26.0 Å². The second-order valence-electron chi connectivity index (χ2n) is 8.81. The molecule has 1 heteroatoms. The zero-order chi connectivity index (χ0) is 22.8. The molecule has 0 saturated carbocycles. The molecule has 0 atom stereocenters. The van der Waals surface area contributed by atoms with Crippen molar-refractivity contribution < 1.29 is 0 Å². The van der Waals surface area contributed by atoms with Gasteiger partial charge < -0.3 is 5.73 Å². The Balaban J connectivity index is 1.89. The Kier molecular flexibility index (Phi) is 5.48. The molecule has 0 fully saturated rings. The van der Waals surface area contributed by atoms with Crippen molar-refractivity contribution in [1.82, 2.24) is 0 Å². The van der Waals surface area contributed by atoms with Crippen LogP contribution in [0.15, 0.2) is 121 Å². The number of hydrogen-bond donors (Lipinski definition) is 1. The lowest BCUT2D eigenvalue weighted by atomic mass is 9.67. The second kappa shape index (κ2) is 8.60. The fraction of sp³-hybridized carbons (Fsp3) is 0.125. The zero-order valence-electron chi connectivity index (χ0n) is 19.3. The molecule has 0 unspecified atom stereocenters. The molecule has 0 aromatic heterocycles. The van der Waals surface area contributed by atoms with Crippen molar-refractivity contribution in [2.75, 3.05) is 5.73 Å². The Bertz CT molecular complexity index is 1300. The van der Waals surface area contributed by atoms with E-state index in [0.717, 1.165) is 12.1 Å². The van der Waals surface area contributed by atoms with Crippen LogP contribution in [0.1, 0.15) is 41.7 Å². The summed E-state index contributed by atoms with van der Waals surface area (Å²) in [6.45, 7) is 4.25. The van der Waals surface area contributed by atoms with Crippen molar-refractivity contribution in [1.29, 1.82) is 0 Å². The minimum atomic E-state index is -0.403. The Morgan fingerprint density at radius 3 is 1.91 bits per heavy atom. The van der Waals surface area contributed by atoms with E-state index < -0.39 is 5.41 Å². The maximum Gasteiger partial charge on any atom is 0.0714 e. The number of benzene rings is 4. The molecule has 33 heavy (non-hydrogen) atoms. The number of rotatable bonds is 5. The van der Waals surface area contributed by atoms with E-state index in [1.807, 2.05) is 6.07 Å². The van der Waals surface area contributed by atoms with Crippen LogP contribution in [0.2, 0.25) is 0 Å². The van der Waals surface area contributed by atoms with Gasteiger partial charge in [0.05, 0.1) is 5.41 Å². The Labute approximate surface area is 196 Å². The molecule has 5 rings (SSSR count). The molecule has 0 bridgehead atoms. The maximum atomic E-state index is 6.72. The summed E-state index contributed by atoms with van der Waals surface area (Å²) in [5.74, 6) is 0. The molecule has 1 nitrogen and oxygen atoms in total. The number of hydrogen-bond acceptors (Lipinski definition) is 1. The van der Waals surface area contributed by atoms with Gasteiger partial charge in [-0.25, -0.2) is 0 Å². The summed E-state index contributed by atoms with van der Waals surface area (Å²) in [5, 5.41) is 0. The number of anilines is 1. The van der Waals surface area contributed by atoms with Crippen LogP contribution in [0.5, 0.6) is 0 Å². The summed E-state index contributed by atoms with van der Waals surface area (Å²) < 4.78 is 0. The predicted molar refractivity (Wildman–Crippen MR) is 140 cm³/mol. The van der Waals surface area contributed by atoms with Gasteiger partial charge in [-0.05, 0) is 59.7 Å². The quantitative estimate of drug-likeness (QED) is 0.226. The average molecular weight is 428 g/mol. The number of fused-ring (bicyclic) bond motifs is 3. The fourth-order valence-electron chi connectivity index (χ4n) is 5.45. The third-order valence-corrected chi connectivity index (χ3v) is 6.76. The zero-order valence-corrected chi connectivity index (χ0v) is 19.3. The SMILES string of the molecule is C/C=C\C=C(/C)Cc1cccc2c1-c1c(N)cccc1C2(c1ccccc1)c1ccccc1. The summed E-state index contributed by atoms with van der Waals surface area (Å²) in [6.07, 6.45) is 7.27. The van der Waals surface area contributed by atoms with Crippen LogP contribution < -0.4 is 5.73 Å². The number of nitrogen functional groups attached to an aromatic ring is 1. The molecule has 0 radical (unpaired) electrons. The van der Waals surface area contributed by atoms with Gasteiger partial charge in [-0.1, -0.05) is 115 Å². The first-order valence-corrected chi connectivity index (χ1v) is 11.6. The smallest absolute Gasteiger partial charge is 0.0714 e. The van der Waals surface area contributed by atoms with Crippen LogP contribution in [0.4, 0.5) is 5.69 Å². The van der Waals surface area contributed by atoms with Gasteiger partial charge in [0.25, 0.3) is 0 Å². The number of allylic oxidation sites excluding steroid dienone is 4. The minimum Gasteiger partial charge on any atom is -0.398 e. The summed E-state index contributed by atoms with van der Waals surface area (Å²) in [7, 11) is 0. The summed E-state index contributed by atoms with van der Waals surface area (Å²) in [4.78, 5) is 0. The molecule has 0 spiro atoms. The summed E-state index contributed by atoms with van der Waals surface area (Å²) >= 11 is 0. The van der Waals surface area contributed by atoms with Crippen LogP contribution >= 0.6 is 0 Å². The molecule has 1 aliphatic carbocycles. The molecule has 162 valence electrons. The predicted octanol–water partition coefficient (Wildman–Crippen LogP) is 7.70. The number of nitrogens with two attached hydrogens (primary N) is 1. The van der Waals surface area contributed by atoms with Crippen molar-refractivity contribution in [3.63, 3.8) is 0 Å². The van der Waals surface area contributed by atoms with Gasteiger partial charge in [-0.2, -0.15) is 0 Å². The molecule has 0 amide bonds. The first-order chi connectivity index (χ1) is 16.2. The molecule has 4 aromatic carbocycles. The van der Waals surface area contributed by atoms with Gasteiger partial charge in [0.2, 0.25) is 0 Å². The van der Waals surface area contributed by atoms with E-state index in [9.17, 15) is 0 Å². The lowest BCUT2D eigenvalue weighted by molar-refractivity contribution is 0.768. The van der Waals surface area contributed by atoms with Gasteiger partial charge in [0, 0.05) is 11.3 Å². The molecule has 1 aliphatic rings. The van der Waals surface area contributed by atoms with Gasteiger partial charge in [-0.15, -0.1) is 0 Å². The van der Waals surface area contributed by atoms with Crippen molar-refractivity contribution >= 4 is 5.69 Å². The minimum absolute atomic E-state index is 0.403. The highest BCUT2D eigenvalue weighted by molar-refractivity contribution is 5.94. The van der Waals surface area contributed by atoms with E-state index in [1.165, 1.54) is 44.5 Å². The van der Waals surface area contributed by atoms with Crippen LogP contribution in [-0.2, 0) is 11.8 Å². The Hall–Kier alpha value is -3.84. The van der Waals surface area contributed by atoms with Crippen molar-refractivity contribution in [2.45, 2.75) is 25.7 Å². The lowest BCUT2D eigenvalue weighted by Crippen LogP contribution is -2.28. The standard InChI is InChI=1S/C32H29N/c1-3-4-13-23(2)22-24-14-11-19-27-30(24)31-28(20-12-21-29(31)33)32(27,25-15-7-5-8-16-25)26-17-9-6-10-18-26/h3-21H,22,33H2,1-2H3/b4-3-,23-13+. The Morgan fingerprint density at radius 1 is 0.727 bits per heavy atom. The molecule has 2 N–H and O–H groups in total. The normalized spacial score (nSPS) is 14.3. The van der Waals surface area contributed by atoms with Gasteiger partial charge in [0.1, 0.15) is 0 Å². The maximum absolute atomic E-state index is 6.72. The largest absolute Gasteiger partial charge is 0.398 e. The first kappa shape index (κ1) is 21.0. The van der Waals surface area contributed by atoms with Gasteiger partial charge >= 0.3 is 0 Å². The van der Waals surface area contributed by atoms with Crippen molar-refractivity contribution in [3.05, 3.63) is 149 Å². The Morgan fingerprint density at radius 2 is 1.30 bits per heavy atom. The van der Waals surface area contributed by atoms with E-state index in [4.69, 9.17) is 5.73 Å². The second-order valence-corrected chi connectivity index (χ2v) is 8.81. The molecule has 0 aliphatic heterocycles. The van der Waals surface area contributed by atoms with Crippen molar-refractivity contribution in [2.24, 2.45) is 0 Å². The van der Waals surface area contributed by atoms with Gasteiger partial charge in [0.15, 0.2) is 0 Å². The van der Waals surface area contributed by atoms with Crippen LogP contribution in [-0.4, -0.2) is 0 Å². The highest BCUT2D eigenvalue weighted by atomic mass is 14.6. The third kappa shape index (κ3) is 3.32. The molecule has 4 aromatic rings. The summed E-state index contributed by atoms with van der Waals surface area (Å²) in [6, 6.07) is 34.9. The van der Waals surface area contributed by atoms with E-state index in [-0.39, 0.29) is 0 Å². The van der Waals surface area contributed by atoms with Gasteiger partial charge in [-0.3, -0.25) is 0 Å². The molecular weight excluding hydrogens is 398 g/mol. The molecule has 0 saturated heterocycles. The van der Waals surface area contributed by atoms with E-state index >= 15 is 0 Å². The fourth-order valence-corrected chi connectivity index (χ4v) is 5.45. The highest BCUT2D eigenvalue weighted by Gasteiger charge is 2.47. The van der Waals surface area contributed by atoms with E-state index in [2.05, 4.69) is 123 Å². The lowest BCUT2D eigenvalue weighted by Gasteiger charge is -2.34. The molecular formula is C32H29N. The summed E-state index contributed by atoms with van der Waals surface area (Å²) in [5.41, 5.74) is 17.4.